The standard InChI is InChI=1S/C24H31N3O3/c1-17-9-6-7-12-21(17)22-14-20(30-26-22)16-27(23(28)25-24(2,3)4)15-18-10-8-11-19(13-18)29-5/h6-13,20H,14-16H2,1-5H3,(H,25,28)/t20-/m1/s1. The normalized spacial score (nSPS) is 15.9. The van der Waals surface area contributed by atoms with Gasteiger partial charge in [0.2, 0.25) is 0 Å². The largest absolute Gasteiger partial charge is 0.497 e. The van der Waals surface area contributed by atoms with Gasteiger partial charge in [-0.3, -0.25) is 0 Å². The predicted octanol–water partition coefficient (Wildman–Crippen LogP) is 4.51. The Bertz CT molecular complexity index is 918. The maximum absolute atomic E-state index is 13.0. The first-order valence-corrected chi connectivity index (χ1v) is 10.2. The Balaban J connectivity index is 1.72. The summed E-state index contributed by atoms with van der Waals surface area (Å²) in [6.45, 7) is 8.88. The van der Waals surface area contributed by atoms with Gasteiger partial charge >= 0.3 is 6.03 Å². The van der Waals surface area contributed by atoms with Gasteiger partial charge in [0.15, 0.2) is 6.10 Å². The average molecular weight is 410 g/mol. The zero-order valence-electron chi connectivity index (χ0n) is 18.4. The number of oxime groups is 1. The average Bonchev–Trinajstić information content (AvgIpc) is 3.15. The van der Waals surface area contributed by atoms with Crippen LogP contribution in [0, 0.1) is 6.92 Å². The minimum atomic E-state index is -0.330. The van der Waals surface area contributed by atoms with E-state index >= 15 is 0 Å². The molecule has 1 aliphatic heterocycles. The Morgan fingerprint density at radius 2 is 2.00 bits per heavy atom. The number of ether oxygens (including phenoxy) is 1. The van der Waals surface area contributed by atoms with Gasteiger partial charge in [-0.05, 0) is 51.0 Å². The highest BCUT2D eigenvalue weighted by Crippen LogP contribution is 2.22. The number of hydrogen-bond acceptors (Lipinski definition) is 4. The minimum Gasteiger partial charge on any atom is -0.497 e. The van der Waals surface area contributed by atoms with Crippen molar-refractivity contribution in [2.75, 3.05) is 13.7 Å². The quantitative estimate of drug-likeness (QED) is 0.764. The van der Waals surface area contributed by atoms with E-state index in [4.69, 9.17) is 9.57 Å². The first-order valence-electron chi connectivity index (χ1n) is 10.2. The Hall–Kier alpha value is -3.02. The summed E-state index contributed by atoms with van der Waals surface area (Å²) in [5, 5.41) is 7.36. The van der Waals surface area contributed by atoms with Gasteiger partial charge in [-0.2, -0.15) is 0 Å². The second-order valence-corrected chi connectivity index (χ2v) is 8.70. The highest BCUT2D eigenvalue weighted by Gasteiger charge is 2.28. The molecule has 1 aliphatic rings. The molecule has 6 nitrogen and oxygen atoms in total. The van der Waals surface area contributed by atoms with E-state index in [1.54, 1.807) is 12.0 Å². The Kier molecular flexibility index (Phi) is 6.65. The molecule has 0 saturated heterocycles. The lowest BCUT2D eigenvalue weighted by Gasteiger charge is -2.29. The van der Waals surface area contributed by atoms with Crippen molar-refractivity contribution in [3.63, 3.8) is 0 Å². The third-order valence-corrected chi connectivity index (χ3v) is 4.89. The summed E-state index contributed by atoms with van der Waals surface area (Å²) in [7, 11) is 1.64. The van der Waals surface area contributed by atoms with Crippen molar-refractivity contribution >= 4 is 11.7 Å². The summed E-state index contributed by atoms with van der Waals surface area (Å²) < 4.78 is 5.32. The van der Waals surface area contributed by atoms with E-state index in [9.17, 15) is 4.79 Å². The number of hydrogen-bond donors (Lipinski definition) is 1. The van der Waals surface area contributed by atoms with Gasteiger partial charge in [0, 0.05) is 24.1 Å². The number of amides is 2. The van der Waals surface area contributed by atoms with E-state index in [1.807, 2.05) is 57.2 Å². The van der Waals surface area contributed by atoms with Crippen LogP contribution in [0.25, 0.3) is 0 Å². The SMILES string of the molecule is COc1cccc(CN(C[C@H]2CC(c3ccccc3C)=NO2)C(=O)NC(C)(C)C)c1. The molecule has 0 unspecified atom stereocenters. The molecule has 3 rings (SSSR count). The molecule has 6 heteroatoms. The summed E-state index contributed by atoms with van der Waals surface area (Å²) in [6, 6.07) is 15.8. The van der Waals surface area contributed by atoms with E-state index < -0.39 is 0 Å². The summed E-state index contributed by atoms with van der Waals surface area (Å²) in [4.78, 5) is 20.5. The molecule has 0 bridgehead atoms. The molecule has 0 fully saturated rings. The summed E-state index contributed by atoms with van der Waals surface area (Å²) >= 11 is 0. The Labute approximate surface area is 178 Å². The Morgan fingerprint density at radius 1 is 1.23 bits per heavy atom. The van der Waals surface area contributed by atoms with Crippen LogP contribution in [-0.4, -0.2) is 41.9 Å². The fourth-order valence-electron chi connectivity index (χ4n) is 3.44. The number of nitrogens with zero attached hydrogens (tertiary/aromatic N) is 2. The van der Waals surface area contributed by atoms with Crippen molar-refractivity contribution in [1.29, 1.82) is 0 Å². The predicted molar refractivity (Wildman–Crippen MR) is 119 cm³/mol. The molecule has 0 aliphatic carbocycles. The van der Waals surface area contributed by atoms with Gasteiger partial charge in [-0.25, -0.2) is 4.79 Å². The van der Waals surface area contributed by atoms with Gasteiger partial charge in [-0.1, -0.05) is 41.6 Å². The maximum Gasteiger partial charge on any atom is 0.318 e. The van der Waals surface area contributed by atoms with Crippen molar-refractivity contribution in [2.45, 2.75) is 52.3 Å². The maximum atomic E-state index is 13.0. The van der Waals surface area contributed by atoms with E-state index in [0.29, 0.717) is 19.5 Å². The first-order chi connectivity index (χ1) is 14.2. The van der Waals surface area contributed by atoms with Crippen LogP contribution in [0.1, 0.15) is 43.9 Å². The fraction of sp³-hybridized carbons (Fsp3) is 0.417. The smallest absolute Gasteiger partial charge is 0.318 e. The second kappa shape index (κ2) is 9.20. The lowest BCUT2D eigenvalue weighted by Crippen LogP contribution is -2.50. The van der Waals surface area contributed by atoms with Crippen LogP contribution < -0.4 is 10.1 Å². The molecule has 30 heavy (non-hydrogen) atoms. The van der Waals surface area contributed by atoms with Crippen LogP contribution >= 0.6 is 0 Å². The van der Waals surface area contributed by atoms with E-state index in [0.717, 1.165) is 22.6 Å². The minimum absolute atomic E-state index is 0.127. The molecule has 1 N–H and O–H groups in total. The third kappa shape index (κ3) is 5.75. The zero-order chi connectivity index (χ0) is 21.7. The zero-order valence-corrected chi connectivity index (χ0v) is 18.4. The van der Waals surface area contributed by atoms with Gasteiger partial charge in [0.05, 0.1) is 19.4 Å². The van der Waals surface area contributed by atoms with Crippen molar-refractivity contribution in [1.82, 2.24) is 10.2 Å². The van der Waals surface area contributed by atoms with Crippen LogP contribution in [-0.2, 0) is 11.4 Å². The molecule has 0 spiro atoms. The van der Waals surface area contributed by atoms with Crippen LogP contribution in [0.2, 0.25) is 0 Å². The van der Waals surface area contributed by atoms with Crippen LogP contribution in [0.3, 0.4) is 0 Å². The van der Waals surface area contributed by atoms with Crippen molar-refractivity contribution in [3.05, 3.63) is 65.2 Å². The highest BCUT2D eigenvalue weighted by molar-refractivity contribution is 6.02. The number of aryl methyl sites for hydroxylation is 1. The molecule has 0 radical (unpaired) electrons. The molecular weight excluding hydrogens is 378 g/mol. The molecule has 1 heterocycles. The highest BCUT2D eigenvalue weighted by atomic mass is 16.6. The van der Waals surface area contributed by atoms with Gasteiger partial charge in [0.25, 0.3) is 0 Å². The molecule has 2 aromatic carbocycles. The van der Waals surface area contributed by atoms with Crippen LogP contribution in [0.4, 0.5) is 4.79 Å². The van der Waals surface area contributed by atoms with Gasteiger partial charge in [-0.15, -0.1) is 0 Å². The number of benzene rings is 2. The number of carbonyl (C=O) groups is 1. The fourth-order valence-corrected chi connectivity index (χ4v) is 3.44. The van der Waals surface area contributed by atoms with Crippen molar-refractivity contribution < 1.29 is 14.4 Å². The lowest BCUT2D eigenvalue weighted by atomic mass is 10.0. The topological polar surface area (TPSA) is 63.2 Å². The first kappa shape index (κ1) is 21.7. The molecule has 2 amide bonds. The Morgan fingerprint density at radius 3 is 2.70 bits per heavy atom. The molecule has 1 atom stereocenters. The number of rotatable bonds is 6. The number of nitrogens with one attached hydrogen (secondary N) is 1. The number of urea groups is 1. The molecule has 0 aromatic heterocycles. The second-order valence-electron chi connectivity index (χ2n) is 8.70. The molecule has 2 aromatic rings. The van der Waals surface area contributed by atoms with E-state index in [-0.39, 0.29) is 17.7 Å². The van der Waals surface area contributed by atoms with Crippen LogP contribution in [0.15, 0.2) is 53.7 Å². The van der Waals surface area contributed by atoms with Crippen molar-refractivity contribution in [3.8, 4) is 5.75 Å². The van der Waals surface area contributed by atoms with Crippen LogP contribution in [0.5, 0.6) is 5.75 Å². The van der Waals surface area contributed by atoms with Gasteiger partial charge in [0.1, 0.15) is 5.75 Å². The molecule has 160 valence electrons. The summed E-state index contributed by atoms with van der Waals surface area (Å²) in [5.41, 5.74) is 3.85. The lowest BCUT2D eigenvalue weighted by molar-refractivity contribution is 0.0580. The van der Waals surface area contributed by atoms with E-state index in [1.165, 1.54) is 5.56 Å². The summed E-state index contributed by atoms with van der Waals surface area (Å²) in [6.07, 6.45) is 0.485. The van der Waals surface area contributed by atoms with Gasteiger partial charge < -0.3 is 19.8 Å². The number of carbonyl (C=O) groups excluding carboxylic acids is 1. The molecule has 0 saturated carbocycles. The molecular formula is C24H31N3O3. The monoisotopic (exact) mass is 409 g/mol. The number of methoxy groups -OCH3 is 1. The van der Waals surface area contributed by atoms with Crippen molar-refractivity contribution in [2.24, 2.45) is 5.16 Å². The summed E-state index contributed by atoms with van der Waals surface area (Å²) in [5.74, 6) is 0.769. The third-order valence-electron chi connectivity index (χ3n) is 4.89. The van der Waals surface area contributed by atoms with E-state index in [2.05, 4.69) is 29.5 Å².